The standard InChI is InChI=1S/C23H23N5O3/c24-15-18-23(31-21(26-18)20-4-2-14-30-20)27-12-7-17(8-13-27)22(29)28-11-1-3-19(28)16-5-9-25-10-6-16/h2,4-6,9-10,14,17,19H,1,3,7-8,11-13H2/t19-/m1/s1. The summed E-state index contributed by atoms with van der Waals surface area (Å²) in [5.41, 5.74) is 1.40. The van der Waals surface area contributed by atoms with Gasteiger partial charge in [0.05, 0.1) is 12.3 Å². The maximum Gasteiger partial charge on any atom is 0.266 e. The monoisotopic (exact) mass is 417 g/mol. The number of amides is 1. The van der Waals surface area contributed by atoms with Crippen LogP contribution in [0, 0.1) is 17.2 Å². The lowest BCUT2D eigenvalue weighted by atomic mass is 9.94. The number of likely N-dealkylation sites (tertiary alicyclic amines) is 1. The topological polar surface area (TPSA) is 99.4 Å². The van der Waals surface area contributed by atoms with E-state index in [0.29, 0.717) is 30.6 Å². The van der Waals surface area contributed by atoms with Gasteiger partial charge in [-0.1, -0.05) is 0 Å². The van der Waals surface area contributed by atoms with Gasteiger partial charge in [-0.3, -0.25) is 9.78 Å². The number of anilines is 1. The number of oxazole rings is 1. The molecular weight excluding hydrogens is 394 g/mol. The minimum Gasteiger partial charge on any atom is -0.459 e. The first-order chi connectivity index (χ1) is 15.2. The molecule has 5 rings (SSSR count). The van der Waals surface area contributed by atoms with Crippen LogP contribution in [0.1, 0.15) is 43.0 Å². The van der Waals surface area contributed by atoms with Gasteiger partial charge in [0.25, 0.3) is 5.89 Å². The Morgan fingerprint density at radius 1 is 1.13 bits per heavy atom. The number of hydrogen-bond donors (Lipinski definition) is 0. The van der Waals surface area contributed by atoms with Crippen LogP contribution in [0.5, 0.6) is 0 Å². The fourth-order valence-electron chi connectivity index (χ4n) is 4.63. The second-order valence-corrected chi connectivity index (χ2v) is 7.99. The molecule has 2 aliphatic rings. The number of carbonyl (C=O) groups is 1. The Balaban J connectivity index is 1.27. The molecule has 0 bridgehead atoms. The molecule has 0 unspecified atom stereocenters. The summed E-state index contributed by atoms with van der Waals surface area (Å²) in [6, 6.07) is 9.75. The highest BCUT2D eigenvalue weighted by atomic mass is 16.4. The van der Waals surface area contributed by atoms with E-state index in [1.807, 2.05) is 21.9 Å². The minimum absolute atomic E-state index is 0.0170. The Hall–Kier alpha value is -3.60. The first-order valence-corrected chi connectivity index (χ1v) is 10.6. The maximum atomic E-state index is 13.3. The molecule has 5 heterocycles. The quantitative estimate of drug-likeness (QED) is 0.637. The second kappa shape index (κ2) is 8.26. The molecular formula is C23H23N5O3. The van der Waals surface area contributed by atoms with Crippen molar-refractivity contribution in [3.63, 3.8) is 0 Å². The predicted molar refractivity (Wildman–Crippen MR) is 112 cm³/mol. The average Bonchev–Trinajstić information content (AvgIpc) is 3.59. The number of furan rings is 1. The van der Waals surface area contributed by atoms with E-state index in [1.165, 1.54) is 0 Å². The lowest BCUT2D eigenvalue weighted by Crippen LogP contribution is -2.42. The van der Waals surface area contributed by atoms with E-state index in [1.54, 1.807) is 30.8 Å². The lowest BCUT2D eigenvalue weighted by molar-refractivity contribution is -0.137. The van der Waals surface area contributed by atoms with Crippen molar-refractivity contribution in [2.24, 2.45) is 5.92 Å². The molecule has 0 N–H and O–H groups in total. The van der Waals surface area contributed by atoms with Crippen LogP contribution in [0.25, 0.3) is 11.7 Å². The summed E-state index contributed by atoms with van der Waals surface area (Å²) >= 11 is 0. The summed E-state index contributed by atoms with van der Waals surface area (Å²) in [5, 5.41) is 9.49. The summed E-state index contributed by atoms with van der Waals surface area (Å²) in [7, 11) is 0. The number of hydrogen-bond acceptors (Lipinski definition) is 7. The number of piperidine rings is 1. The van der Waals surface area contributed by atoms with Gasteiger partial charge in [-0.05, 0) is 55.5 Å². The Morgan fingerprint density at radius 3 is 2.65 bits per heavy atom. The normalized spacial score (nSPS) is 19.5. The second-order valence-electron chi connectivity index (χ2n) is 7.99. The fraction of sp³-hybridized carbons (Fsp3) is 0.391. The van der Waals surface area contributed by atoms with Crippen molar-refractivity contribution < 1.29 is 13.6 Å². The molecule has 8 nitrogen and oxygen atoms in total. The fourth-order valence-corrected chi connectivity index (χ4v) is 4.63. The van der Waals surface area contributed by atoms with Gasteiger partial charge < -0.3 is 18.6 Å². The summed E-state index contributed by atoms with van der Waals surface area (Å²) in [5.74, 6) is 1.46. The largest absolute Gasteiger partial charge is 0.459 e. The summed E-state index contributed by atoms with van der Waals surface area (Å²) in [6.45, 7) is 2.09. The van der Waals surface area contributed by atoms with Crippen molar-refractivity contribution >= 4 is 11.8 Å². The van der Waals surface area contributed by atoms with Gasteiger partial charge >= 0.3 is 0 Å². The zero-order valence-electron chi connectivity index (χ0n) is 17.1. The first-order valence-electron chi connectivity index (χ1n) is 10.6. The van der Waals surface area contributed by atoms with E-state index in [0.717, 1.165) is 37.8 Å². The maximum absolute atomic E-state index is 13.3. The first kappa shape index (κ1) is 19.4. The summed E-state index contributed by atoms with van der Waals surface area (Å²) < 4.78 is 11.2. The molecule has 31 heavy (non-hydrogen) atoms. The van der Waals surface area contributed by atoms with Gasteiger partial charge in [0.15, 0.2) is 5.76 Å². The SMILES string of the molecule is N#Cc1nc(-c2ccco2)oc1N1CCC(C(=O)N2CCC[C@@H]2c2ccncc2)CC1. The van der Waals surface area contributed by atoms with Crippen LogP contribution < -0.4 is 4.90 Å². The van der Waals surface area contributed by atoms with Crippen LogP contribution in [0.15, 0.2) is 51.8 Å². The number of rotatable bonds is 4. The third-order valence-corrected chi connectivity index (χ3v) is 6.21. The van der Waals surface area contributed by atoms with Gasteiger partial charge in [-0.25, -0.2) is 0 Å². The average molecular weight is 417 g/mol. The number of nitriles is 1. The smallest absolute Gasteiger partial charge is 0.266 e. The number of pyridine rings is 1. The van der Waals surface area contributed by atoms with Gasteiger partial charge in [0, 0.05) is 37.9 Å². The van der Waals surface area contributed by atoms with Gasteiger partial charge in [0.1, 0.15) is 6.07 Å². The number of aromatic nitrogens is 2. The Kier molecular flexibility index (Phi) is 5.16. The lowest BCUT2D eigenvalue weighted by Gasteiger charge is -2.34. The predicted octanol–water partition coefficient (Wildman–Crippen LogP) is 3.78. The van der Waals surface area contributed by atoms with Gasteiger partial charge in [-0.15, -0.1) is 0 Å². The molecule has 1 amide bonds. The summed E-state index contributed by atoms with van der Waals surface area (Å²) in [6.07, 6.45) is 8.58. The highest BCUT2D eigenvalue weighted by Crippen LogP contribution is 2.36. The Bertz CT molecular complexity index is 1080. The highest BCUT2D eigenvalue weighted by Gasteiger charge is 2.36. The zero-order chi connectivity index (χ0) is 21.2. The van der Waals surface area contributed by atoms with Crippen LogP contribution in [0.3, 0.4) is 0 Å². The molecule has 2 aliphatic heterocycles. The van der Waals surface area contributed by atoms with E-state index < -0.39 is 0 Å². The van der Waals surface area contributed by atoms with Crippen LogP contribution in [0.4, 0.5) is 5.88 Å². The molecule has 0 spiro atoms. The van der Waals surface area contributed by atoms with Crippen LogP contribution >= 0.6 is 0 Å². The third kappa shape index (κ3) is 3.67. The van der Waals surface area contributed by atoms with Gasteiger partial charge in [-0.2, -0.15) is 10.2 Å². The third-order valence-electron chi connectivity index (χ3n) is 6.21. The summed E-state index contributed by atoms with van der Waals surface area (Å²) in [4.78, 5) is 25.7. The van der Waals surface area contributed by atoms with E-state index in [9.17, 15) is 10.1 Å². The van der Waals surface area contributed by atoms with Crippen molar-refractivity contribution in [1.29, 1.82) is 5.26 Å². The molecule has 0 aromatic carbocycles. The van der Waals surface area contributed by atoms with Crippen molar-refractivity contribution in [3.8, 4) is 17.7 Å². The molecule has 3 aromatic rings. The van der Waals surface area contributed by atoms with Crippen LogP contribution in [0.2, 0.25) is 0 Å². The van der Waals surface area contributed by atoms with Crippen LogP contribution in [-0.4, -0.2) is 40.4 Å². The molecule has 0 saturated carbocycles. The molecule has 1 atom stereocenters. The number of carbonyl (C=O) groups excluding carboxylic acids is 1. The van der Waals surface area contributed by atoms with Crippen molar-refractivity contribution in [2.45, 2.75) is 31.7 Å². The minimum atomic E-state index is -0.0170. The molecule has 0 aliphatic carbocycles. The van der Waals surface area contributed by atoms with E-state index in [-0.39, 0.29) is 23.6 Å². The molecule has 8 heteroatoms. The van der Waals surface area contributed by atoms with Gasteiger partial charge in [0.2, 0.25) is 17.5 Å². The Labute approximate surface area is 180 Å². The molecule has 3 aromatic heterocycles. The van der Waals surface area contributed by atoms with Crippen molar-refractivity contribution in [1.82, 2.24) is 14.9 Å². The molecule has 2 saturated heterocycles. The van der Waals surface area contributed by atoms with Crippen molar-refractivity contribution in [2.75, 3.05) is 24.5 Å². The van der Waals surface area contributed by atoms with Crippen LogP contribution in [-0.2, 0) is 4.79 Å². The highest BCUT2D eigenvalue weighted by molar-refractivity contribution is 5.80. The van der Waals surface area contributed by atoms with Crippen molar-refractivity contribution in [3.05, 3.63) is 54.2 Å². The van der Waals surface area contributed by atoms with E-state index in [4.69, 9.17) is 8.83 Å². The number of nitrogens with zero attached hydrogens (tertiary/aromatic N) is 5. The van der Waals surface area contributed by atoms with E-state index in [2.05, 4.69) is 16.0 Å². The van der Waals surface area contributed by atoms with E-state index >= 15 is 0 Å². The zero-order valence-corrected chi connectivity index (χ0v) is 17.1. The molecule has 2 fully saturated rings. The molecule has 0 radical (unpaired) electrons. The Morgan fingerprint density at radius 2 is 1.94 bits per heavy atom. The molecule has 158 valence electrons.